The van der Waals surface area contributed by atoms with Crippen molar-refractivity contribution < 1.29 is 9.53 Å². The van der Waals surface area contributed by atoms with Crippen LogP contribution in [0.25, 0.3) is 0 Å². The molecule has 1 aromatic carbocycles. The Bertz CT molecular complexity index is 546. The molecule has 1 aromatic rings. The van der Waals surface area contributed by atoms with Crippen molar-refractivity contribution in [2.24, 2.45) is 11.8 Å². The summed E-state index contributed by atoms with van der Waals surface area (Å²) in [4.78, 5) is 14.6. The van der Waals surface area contributed by atoms with E-state index in [1.165, 1.54) is 5.56 Å². The maximum atomic E-state index is 12.6. The lowest BCUT2D eigenvalue weighted by Crippen LogP contribution is -2.36. The van der Waals surface area contributed by atoms with Gasteiger partial charge in [-0.2, -0.15) is 0 Å². The molecule has 0 spiro atoms. The highest BCUT2D eigenvalue weighted by molar-refractivity contribution is 5.77. The van der Waals surface area contributed by atoms with E-state index in [1.807, 2.05) is 23.1 Å². The Morgan fingerprint density at radius 1 is 1.25 bits per heavy atom. The average molecular weight is 330 g/mol. The zero-order valence-electron chi connectivity index (χ0n) is 15.0. The van der Waals surface area contributed by atoms with Crippen LogP contribution in [0.15, 0.2) is 24.3 Å². The lowest BCUT2D eigenvalue weighted by atomic mass is 9.92. The number of fused-ring (bicyclic) bond motifs is 1. The van der Waals surface area contributed by atoms with E-state index >= 15 is 0 Å². The van der Waals surface area contributed by atoms with Gasteiger partial charge in [0.25, 0.3) is 5.91 Å². The van der Waals surface area contributed by atoms with Gasteiger partial charge in [0.05, 0.1) is 0 Å². The zero-order chi connectivity index (χ0) is 16.9. The first kappa shape index (κ1) is 17.3. The number of likely N-dealkylation sites (tertiary alicyclic amines) is 1. The van der Waals surface area contributed by atoms with Crippen molar-refractivity contribution in [2.45, 2.75) is 39.0 Å². The third-order valence-corrected chi connectivity index (χ3v) is 5.79. The van der Waals surface area contributed by atoms with Crippen LogP contribution in [-0.4, -0.2) is 43.6 Å². The number of nitrogens with one attached hydrogen (secondary N) is 1. The Labute approximate surface area is 145 Å². The molecule has 2 aliphatic rings. The summed E-state index contributed by atoms with van der Waals surface area (Å²) in [5.41, 5.74) is 1.20. The molecule has 1 amide bonds. The first-order valence-corrected chi connectivity index (χ1v) is 9.39. The van der Waals surface area contributed by atoms with E-state index in [0.717, 1.165) is 63.0 Å². The second kappa shape index (κ2) is 8.02. The zero-order valence-corrected chi connectivity index (χ0v) is 15.0. The second-order valence-corrected chi connectivity index (χ2v) is 7.27. The molecular formula is C20H30N2O2. The normalized spacial score (nSPS) is 25.0. The molecule has 0 radical (unpaired) electrons. The quantitative estimate of drug-likeness (QED) is 0.902. The molecule has 132 valence electrons. The third-order valence-electron chi connectivity index (χ3n) is 5.79. The van der Waals surface area contributed by atoms with Gasteiger partial charge in [0.15, 0.2) is 6.61 Å². The minimum absolute atomic E-state index is 0.127. The van der Waals surface area contributed by atoms with Gasteiger partial charge in [0.2, 0.25) is 0 Å². The third kappa shape index (κ3) is 3.92. The van der Waals surface area contributed by atoms with Crippen molar-refractivity contribution >= 4 is 5.91 Å². The van der Waals surface area contributed by atoms with Crippen molar-refractivity contribution in [3.8, 4) is 5.75 Å². The van der Waals surface area contributed by atoms with E-state index < -0.39 is 0 Å². The van der Waals surface area contributed by atoms with Gasteiger partial charge in [-0.1, -0.05) is 32.0 Å². The molecule has 0 bridgehead atoms. The molecule has 4 nitrogen and oxygen atoms in total. The largest absolute Gasteiger partial charge is 0.483 e. The maximum Gasteiger partial charge on any atom is 0.260 e. The smallest absolute Gasteiger partial charge is 0.260 e. The molecule has 1 unspecified atom stereocenters. The first-order chi connectivity index (χ1) is 11.7. The molecule has 4 heteroatoms. The van der Waals surface area contributed by atoms with Gasteiger partial charge in [0, 0.05) is 13.1 Å². The molecule has 2 saturated heterocycles. The maximum absolute atomic E-state index is 12.6. The molecule has 2 aliphatic heterocycles. The predicted molar refractivity (Wildman–Crippen MR) is 96.3 cm³/mol. The fourth-order valence-electron chi connectivity index (χ4n) is 3.94. The average Bonchev–Trinajstić information content (AvgIpc) is 2.97. The topological polar surface area (TPSA) is 41.6 Å². The fraction of sp³-hybridized carbons (Fsp3) is 0.650. The molecule has 1 N–H and O–H groups in total. The van der Waals surface area contributed by atoms with Crippen molar-refractivity contribution in [2.75, 3.05) is 32.8 Å². The number of amides is 1. The van der Waals surface area contributed by atoms with Crippen molar-refractivity contribution in [3.63, 3.8) is 0 Å². The van der Waals surface area contributed by atoms with Crippen LogP contribution in [-0.2, 0) is 4.79 Å². The van der Waals surface area contributed by atoms with Gasteiger partial charge >= 0.3 is 0 Å². The highest BCUT2D eigenvalue weighted by Crippen LogP contribution is 2.29. The summed E-state index contributed by atoms with van der Waals surface area (Å²) >= 11 is 0. The second-order valence-electron chi connectivity index (χ2n) is 7.27. The summed E-state index contributed by atoms with van der Waals surface area (Å²) in [5.74, 6) is 2.92. The van der Waals surface area contributed by atoms with Crippen LogP contribution < -0.4 is 10.1 Å². The van der Waals surface area contributed by atoms with Crippen LogP contribution in [0.3, 0.4) is 0 Å². The van der Waals surface area contributed by atoms with Crippen LogP contribution in [0.2, 0.25) is 0 Å². The number of hydrogen-bond donors (Lipinski definition) is 1. The van der Waals surface area contributed by atoms with Gasteiger partial charge in [-0.15, -0.1) is 0 Å². The SMILES string of the molecule is CCC(C)c1ccccc1OCC(=O)N1CC[C@@H]2CNC[C@@H]2CC1. The fourth-order valence-corrected chi connectivity index (χ4v) is 3.94. The number of rotatable bonds is 5. The Morgan fingerprint density at radius 2 is 1.92 bits per heavy atom. The monoisotopic (exact) mass is 330 g/mol. The van der Waals surface area contributed by atoms with E-state index in [2.05, 4.69) is 25.2 Å². The van der Waals surface area contributed by atoms with Crippen LogP contribution in [0.4, 0.5) is 0 Å². The van der Waals surface area contributed by atoms with Crippen molar-refractivity contribution in [1.82, 2.24) is 10.2 Å². The standard InChI is InChI=1S/C20H30N2O2/c1-3-15(2)18-6-4-5-7-19(18)24-14-20(23)22-10-8-16-12-21-13-17(16)9-11-22/h4-7,15-17,21H,3,8-14H2,1-2H3/t15?,16-,17+. The Balaban J connectivity index is 1.56. The summed E-state index contributed by atoms with van der Waals surface area (Å²) in [7, 11) is 0. The van der Waals surface area contributed by atoms with E-state index in [-0.39, 0.29) is 12.5 Å². The molecule has 0 saturated carbocycles. The molecule has 2 heterocycles. The Kier molecular flexibility index (Phi) is 5.77. The van der Waals surface area contributed by atoms with Crippen molar-refractivity contribution in [3.05, 3.63) is 29.8 Å². The molecule has 3 rings (SSSR count). The number of ether oxygens (including phenoxy) is 1. The van der Waals surface area contributed by atoms with Gasteiger partial charge < -0.3 is 15.0 Å². The number of carbonyl (C=O) groups excluding carboxylic acids is 1. The summed E-state index contributed by atoms with van der Waals surface area (Å²) in [5, 5.41) is 3.48. The van der Waals surface area contributed by atoms with Crippen molar-refractivity contribution in [1.29, 1.82) is 0 Å². The number of nitrogens with zero attached hydrogens (tertiary/aromatic N) is 1. The van der Waals surface area contributed by atoms with Crippen LogP contribution in [0, 0.1) is 11.8 Å². The highest BCUT2D eigenvalue weighted by Gasteiger charge is 2.31. The van der Waals surface area contributed by atoms with Gasteiger partial charge in [-0.05, 0) is 61.7 Å². The predicted octanol–water partition coefficient (Wildman–Crippen LogP) is 3.04. The lowest BCUT2D eigenvalue weighted by molar-refractivity contribution is -0.133. The van der Waals surface area contributed by atoms with E-state index in [9.17, 15) is 4.79 Å². The van der Waals surface area contributed by atoms with Crippen LogP contribution >= 0.6 is 0 Å². The number of hydrogen-bond acceptors (Lipinski definition) is 3. The molecule has 3 atom stereocenters. The van der Waals surface area contributed by atoms with Gasteiger partial charge in [-0.3, -0.25) is 4.79 Å². The molecule has 0 aliphatic carbocycles. The number of para-hydroxylation sites is 1. The summed E-state index contributed by atoms with van der Waals surface area (Å²) < 4.78 is 5.91. The van der Waals surface area contributed by atoms with E-state index in [4.69, 9.17) is 4.74 Å². The minimum Gasteiger partial charge on any atom is -0.483 e. The highest BCUT2D eigenvalue weighted by atomic mass is 16.5. The summed E-state index contributed by atoms with van der Waals surface area (Å²) in [6, 6.07) is 8.10. The van der Waals surface area contributed by atoms with Crippen LogP contribution in [0.1, 0.15) is 44.6 Å². The molecule has 2 fully saturated rings. The first-order valence-electron chi connectivity index (χ1n) is 9.39. The van der Waals surface area contributed by atoms with E-state index in [0.29, 0.717) is 5.92 Å². The number of carbonyl (C=O) groups is 1. The van der Waals surface area contributed by atoms with Gasteiger partial charge in [-0.25, -0.2) is 0 Å². The lowest BCUT2D eigenvalue weighted by Gasteiger charge is -2.22. The summed E-state index contributed by atoms with van der Waals surface area (Å²) in [6.07, 6.45) is 3.30. The van der Waals surface area contributed by atoms with E-state index in [1.54, 1.807) is 0 Å². The Hall–Kier alpha value is -1.55. The van der Waals surface area contributed by atoms with Crippen LogP contribution in [0.5, 0.6) is 5.75 Å². The minimum atomic E-state index is 0.127. The Morgan fingerprint density at radius 3 is 2.58 bits per heavy atom. The summed E-state index contributed by atoms with van der Waals surface area (Å²) in [6.45, 7) is 8.51. The molecule has 24 heavy (non-hydrogen) atoms. The molecular weight excluding hydrogens is 300 g/mol. The molecule has 0 aromatic heterocycles. The number of benzene rings is 1. The van der Waals surface area contributed by atoms with Gasteiger partial charge in [0.1, 0.15) is 5.75 Å².